The van der Waals surface area contributed by atoms with Gasteiger partial charge < -0.3 is 9.47 Å². The summed E-state index contributed by atoms with van der Waals surface area (Å²) >= 11 is 6.00. The van der Waals surface area contributed by atoms with Crippen molar-refractivity contribution in [2.75, 3.05) is 14.2 Å². The van der Waals surface area contributed by atoms with Crippen LogP contribution in [-0.2, 0) is 11.2 Å². The first-order valence-electron chi connectivity index (χ1n) is 11.2. The predicted octanol–water partition coefficient (Wildman–Crippen LogP) is 5.47. The zero-order valence-corrected chi connectivity index (χ0v) is 20.8. The Labute approximate surface area is 210 Å². The maximum absolute atomic E-state index is 11.5. The number of nitrogens with zero attached hydrogens (tertiary/aromatic N) is 1. The van der Waals surface area contributed by atoms with E-state index < -0.39 is 0 Å². The number of methoxy groups -OCH3 is 2. The van der Waals surface area contributed by atoms with Crippen LogP contribution in [0, 0.1) is 5.41 Å². The van der Waals surface area contributed by atoms with Crippen LogP contribution in [0.25, 0.3) is 0 Å². The van der Waals surface area contributed by atoms with E-state index in [-0.39, 0.29) is 5.91 Å². The minimum absolute atomic E-state index is 0.222. The average Bonchev–Trinajstić information content (AvgIpc) is 2.87. The molecule has 0 saturated heterocycles. The second-order valence-electron chi connectivity index (χ2n) is 7.81. The summed E-state index contributed by atoms with van der Waals surface area (Å²) in [6.07, 6.45) is 2.14. The highest BCUT2D eigenvalue weighted by Gasteiger charge is 2.11. The third-order valence-corrected chi connectivity index (χ3v) is 5.52. The molecule has 0 aliphatic rings. The van der Waals surface area contributed by atoms with Gasteiger partial charge in [0, 0.05) is 29.5 Å². The molecule has 3 N–H and O–H groups in total. The number of aliphatic imine (C=N–C) groups is 1. The Morgan fingerprint density at radius 2 is 1.69 bits per heavy atom. The fourth-order valence-corrected chi connectivity index (χ4v) is 3.63. The quantitative estimate of drug-likeness (QED) is 0.210. The van der Waals surface area contributed by atoms with Crippen LogP contribution in [0.4, 0.5) is 5.69 Å². The standard InChI is InChI=1S/C27H29ClN4O3/c1-18(33)31-32-26(10-6-7-19-11-16-24(34-2)25(17-19)35-3)30-23-9-5-4-8-22(23)27(29)20-12-14-21(28)15-13-20/h4-5,8-9,11-17,29H,6-7,10H2,1-3H3,(H,30,32)(H,31,33). The van der Waals surface area contributed by atoms with E-state index in [0.717, 1.165) is 24.0 Å². The lowest BCUT2D eigenvalue weighted by Gasteiger charge is -2.13. The number of para-hydroxylation sites is 1. The van der Waals surface area contributed by atoms with E-state index in [0.29, 0.717) is 45.7 Å². The molecule has 8 heteroatoms. The molecule has 3 aromatic rings. The minimum atomic E-state index is -0.222. The molecule has 0 saturated carbocycles. The Bertz CT molecular complexity index is 1210. The Hall–Kier alpha value is -3.84. The zero-order chi connectivity index (χ0) is 25.2. The van der Waals surface area contributed by atoms with Crippen LogP contribution in [0.1, 0.15) is 36.5 Å². The number of carbonyl (C=O) groups excluding carboxylic acids is 1. The molecular formula is C27H29ClN4O3. The summed E-state index contributed by atoms with van der Waals surface area (Å²) in [5, 5.41) is 9.31. The molecule has 0 heterocycles. The van der Waals surface area contributed by atoms with Gasteiger partial charge in [0.1, 0.15) is 5.84 Å². The zero-order valence-electron chi connectivity index (χ0n) is 20.0. The molecule has 0 fully saturated rings. The third kappa shape index (κ3) is 7.32. The van der Waals surface area contributed by atoms with Crippen LogP contribution >= 0.6 is 11.6 Å². The van der Waals surface area contributed by atoms with Gasteiger partial charge in [0.25, 0.3) is 0 Å². The normalized spacial score (nSPS) is 11.0. The van der Waals surface area contributed by atoms with E-state index in [2.05, 4.69) is 10.9 Å². The van der Waals surface area contributed by atoms with Gasteiger partial charge in [0.05, 0.1) is 25.6 Å². The first-order chi connectivity index (χ1) is 16.9. The van der Waals surface area contributed by atoms with E-state index in [1.54, 1.807) is 26.4 Å². The number of ether oxygens (including phenoxy) is 2. The van der Waals surface area contributed by atoms with E-state index in [1.807, 2.05) is 54.6 Å². The Morgan fingerprint density at radius 3 is 2.37 bits per heavy atom. The van der Waals surface area contributed by atoms with Gasteiger partial charge in [0.2, 0.25) is 5.91 Å². The van der Waals surface area contributed by atoms with Crippen molar-refractivity contribution in [3.8, 4) is 11.5 Å². The summed E-state index contributed by atoms with van der Waals surface area (Å²) in [5.74, 6) is 1.74. The number of hydrogen-bond donors (Lipinski definition) is 3. The Balaban J connectivity index is 1.80. The van der Waals surface area contributed by atoms with Gasteiger partial charge in [-0.05, 0) is 48.7 Å². The van der Waals surface area contributed by atoms with Crippen LogP contribution in [0.15, 0.2) is 71.7 Å². The molecule has 7 nitrogen and oxygen atoms in total. The summed E-state index contributed by atoms with van der Waals surface area (Å²) in [7, 11) is 3.22. The molecule has 0 atom stereocenters. The average molecular weight is 493 g/mol. The number of amidine groups is 1. The van der Waals surface area contributed by atoms with Gasteiger partial charge in [-0.3, -0.25) is 21.1 Å². The highest BCUT2D eigenvalue weighted by Crippen LogP contribution is 2.28. The molecule has 0 bridgehead atoms. The van der Waals surface area contributed by atoms with Gasteiger partial charge >= 0.3 is 0 Å². The van der Waals surface area contributed by atoms with E-state index >= 15 is 0 Å². The first-order valence-corrected chi connectivity index (χ1v) is 11.5. The van der Waals surface area contributed by atoms with Crippen LogP contribution in [0.5, 0.6) is 11.5 Å². The molecular weight excluding hydrogens is 464 g/mol. The molecule has 0 aliphatic heterocycles. The summed E-state index contributed by atoms with van der Waals surface area (Å²) in [6.45, 7) is 1.43. The van der Waals surface area contributed by atoms with Crippen molar-refractivity contribution in [2.45, 2.75) is 26.2 Å². The van der Waals surface area contributed by atoms with Crippen molar-refractivity contribution in [1.29, 1.82) is 5.41 Å². The number of carbonyl (C=O) groups is 1. The van der Waals surface area contributed by atoms with Crippen LogP contribution in [-0.4, -0.2) is 31.7 Å². The molecule has 0 aliphatic carbocycles. The maximum atomic E-state index is 11.5. The van der Waals surface area contributed by atoms with Gasteiger partial charge in [-0.2, -0.15) is 0 Å². The van der Waals surface area contributed by atoms with Crippen molar-refractivity contribution in [3.63, 3.8) is 0 Å². The summed E-state index contributed by atoms with van der Waals surface area (Å²) in [4.78, 5) is 16.3. The second kappa shape index (κ2) is 12.6. The van der Waals surface area contributed by atoms with Crippen LogP contribution in [0.2, 0.25) is 5.02 Å². The van der Waals surface area contributed by atoms with Crippen LogP contribution in [0.3, 0.4) is 0 Å². The van der Waals surface area contributed by atoms with Crippen molar-refractivity contribution in [1.82, 2.24) is 10.9 Å². The SMILES string of the molecule is COc1ccc(CCCC(=Nc2ccccc2C(=N)c2ccc(Cl)cc2)NNC(C)=O)cc1OC. The molecule has 3 aromatic carbocycles. The Kier molecular flexibility index (Phi) is 9.26. The van der Waals surface area contributed by atoms with E-state index in [4.69, 9.17) is 31.5 Å². The fourth-order valence-electron chi connectivity index (χ4n) is 3.50. The molecule has 3 rings (SSSR count). The molecule has 0 spiro atoms. The minimum Gasteiger partial charge on any atom is -0.493 e. The predicted molar refractivity (Wildman–Crippen MR) is 140 cm³/mol. The molecule has 35 heavy (non-hydrogen) atoms. The number of benzene rings is 3. The summed E-state index contributed by atoms with van der Waals surface area (Å²) < 4.78 is 10.7. The first kappa shape index (κ1) is 25.8. The lowest BCUT2D eigenvalue weighted by molar-refractivity contribution is -0.119. The molecule has 0 radical (unpaired) electrons. The smallest absolute Gasteiger partial charge is 0.235 e. The highest BCUT2D eigenvalue weighted by molar-refractivity contribution is 6.30. The number of aryl methyl sites for hydroxylation is 1. The second-order valence-corrected chi connectivity index (χ2v) is 8.24. The maximum Gasteiger partial charge on any atom is 0.235 e. The van der Waals surface area contributed by atoms with Gasteiger partial charge in [-0.25, -0.2) is 4.99 Å². The topological polar surface area (TPSA) is 95.8 Å². The molecule has 1 amide bonds. The molecule has 0 aromatic heterocycles. The van der Waals surface area contributed by atoms with Crippen molar-refractivity contribution in [2.24, 2.45) is 4.99 Å². The number of hydrazine groups is 1. The summed E-state index contributed by atoms with van der Waals surface area (Å²) in [5.41, 5.74) is 9.02. The van der Waals surface area contributed by atoms with Gasteiger partial charge in [0.15, 0.2) is 11.5 Å². The van der Waals surface area contributed by atoms with E-state index in [9.17, 15) is 4.79 Å². The van der Waals surface area contributed by atoms with Crippen molar-refractivity contribution < 1.29 is 14.3 Å². The van der Waals surface area contributed by atoms with Crippen LogP contribution < -0.4 is 20.3 Å². The molecule has 182 valence electrons. The summed E-state index contributed by atoms with van der Waals surface area (Å²) in [6, 6.07) is 20.4. The van der Waals surface area contributed by atoms with Gasteiger partial charge in [-0.15, -0.1) is 0 Å². The highest BCUT2D eigenvalue weighted by atomic mass is 35.5. The number of amides is 1. The largest absolute Gasteiger partial charge is 0.493 e. The monoisotopic (exact) mass is 492 g/mol. The number of nitrogens with one attached hydrogen (secondary N) is 3. The number of rotatable bonds is 9. The number of hydrogen-bond acceptors (Lipinski definition) is 5. The Morgan fingerprint density at radius 1 is 0.971 bits per heavy atom. The number of halogens is 1. The van der Waals surface area contributed by atoms with Crippen molar-refractivity contribution in [3.05, 3.63) is 88.4 Å². The lowest BCUT2D eigenvalue weighted by Crippen LogP contribution is -2.40. The lowest BCUT2D eigenvalue weighted by atomic mass is 10.0. The fraction of sp³-hybridized carbons (Fsp3) is 0.222. The van der Waals surface area contributed by atoms with Crippen molar-refractivity contribution >= 4 is 34.7 Å². The molecule has 0 unspecified atom stereocenters. The third-order valence-electron chi connectivity index (χ3n) is 5.27. The van der Waals surface area contributed by atoms with E-state index in [1.165, 1.54) is 6.92 Å². The van der Waals surface area contributed by atoms with Gasteiger partial charge in [-0.1, -0.05) is 48.0 Å².